The van der Waals surface area contributed by atoms with E-state index in [1.54, 1.807) is 6.20 Å². The molecule has 0 atom stereocenters. The van der Waals surface area contributed by atoms with Gasteiger partial charge in [-0.05, 0) is 30.0 Å². The number of nitrogen functional groups attached to an aromatic ring is 1. The summed E-state index contributed by atoms with van der Waals surface area (Å²) in [7, 11) is 0. The Kier molecular flexibility index (Phi) is 2.38. The Morgan fingerprint density at radius 1 is 1.19 bits per heavy atom. The van der Waals surface area contributed by atoms with Crippen LogP contribution in [0.1, 0.15) is 31.9 Å². The molecule has 0 unspecified atom stereocenters. The molecular weight excluding hydrogens is 196 g/mol. The highest BCUT2D eigenvalue weighted by Gasteiger charge is 2.20. The van der Waals surface area contributed by atoms with Gasteiger partial charge in [-0.2, -0.15) is 0 Å². The van der Waals surface area contributed by atoms with E-state index in [-0.39, 0.29) is 5.41 Å². The van der Waals surface area contributed by atoms with E-state index in [4.69, 9.17) is 5.73 Å². The van der Waals surface area contributed by atoms with Crippen LogP contribution in [0.3, 0.4) is 0 Å². The second-order valence-electron chi connectivity index (χ2n) is 5.36. The average Bonchev–Trinajstić information content (AvgIpc) is 2.14. The van der Waals surface area contributed by atoms with Crippen molar-refractivity contribution in [2.24, 2.45) is 0 Å². The first-order valence-corrected chi connectivity index (χ1v) is 5.55. The normalized spacial score (nSPS) is 12.0. The van der Waals surface area contributed by atoms with Gasteiger partial charge in [0, 0.05) is 5.39 Å². The first-order valence-electron chi connectivity index (χ1n) is 5.55. The van der Waals surface area contributed by atoms with Crippen LogP contribution in [0.25, 0.3) is 10.9 Å². The van der Waals surface area contributed by atoms with E-state index in [0.29, 0.717) is 0 Å². The summed E-state index contributed by atoms with van der Waals surface area (Å²) < 4.78 is 0. The molecular formula is C14H18N2. The molecule has 0 aliphatic rings. The molecule has 0 aliphatic heterocycles. The van der Waals surface area contributed by atoms with Crippen LogP contribution in [0.15, 0.2) is 24.4 Å². The van der Waals surface area contributed by atoms with Crippen LogP contribution in [-0.4, -0.2) is 4.98 Å². The van der Waals surface area contributed by atoms with E-state index < -0.39 is 0 Å². The Labute approximate surface area is 96.5 Å². The molecule has 0 fully saturated rings. The zero-order valence-corrected chi connectivity index (χ0v) is 10.3. The minimum absolute atomic E-state index is 0.0407. The minimum atomic E-state index is 0.0407. The van der Waals surface area contributed by atoms with Gasteiger partial charge in [0.15, 0.2) is 0 Å². The van der Waals surface area contributed by atoms with Crippen molar-refractivity contribution < 1.29 is 0 Å². The Bertz CT molecular complexity index is 531. The summed E-state index contributed by atoms with van der Waals surface area (Å²) in [5, 5.41) is 1.17. The number of nitrogens with zero attached hydrogens (tertiary/aromatic N) is 1. The van der Waals surface area contributed by atoms with Crippen molar-refractivity contribution in [1.29, 1.82) is 0 Å². The van der Waals surface area contributed by atoms with E-state index in [2.05, 4.69) is 50.9 Å². The lowest BCUT2D eigenvalue weighted by Crippen LogP contribution is -2.15. The van der Waals surface area contributed by atoms with Gasteiger partial charge in [0.2, 0.25) is 0 Å². The van der Waals surface area contributed by atoms with Crippen molar-refractivity contribution >= 4 is 16.6 Å². The fourth-order valence-corrected chi connectivity index (χ4v) is 2.16. The number of fused-ring (bicyclic) bond motifs is 1. The van der Waals surface area contributed by atoms with Crippen molar-refractivity contribution in [3.8, 4) is 0 Å². The average molecular weight is 214 g/mol. The van der Waals surface area contributed by atoms with Crippen LogP contribution in [0.4, 0.5) is 5.69 Å². The minimum Gasteiger partial charge on any atom is -0.397 e. The molecule has 2 aromatic rings. The highest BCUT2D eigenvalue weighted by Crippen LogP contribution is 2.33. The SMILES string of the molecule is Cc1ccc2ncc(N)c(C(C)(C)C)c2c1. The summed E-state index contributed by atoms with van der Waals surface area (Å²) in [4.78, 5) is 4.37. The van der Waals surface area contributed by atoms with Crippen LogP contribution in [0.2, 0.25) is 0 Å². The van der Waals surface area contributed by atoms with E-state index in [0.717, 1.165) is 11.2 Å². The van der Waals surface area contributed by atoms with Crippen molar-refractivity contribution in [2.45, 2.75) is 33.1 Å². The van der Waals surface area contributed by atoms with Gasteiger partial charge in [0.25, 0.3) is 0 Å². The molecule has 0 bridgehead atoms. The first-order chi connectivity index (χ1) is 7.39. The number of hydrogen-bond acceptors (Lipinski definition) is 2. The number of rotatable bonds is 0. The number of benzene rings is 1. The van der Waals surface area contributed by atoms with Crippen molar-refractivity contribution in [3.63, 3.8) is 0 Å². The van der Waals surface area contributed by atoms with E-state index in [9.17, 15) is 0 Å². The number of hydrogen-bond donors (Lipinski definition) is 1. The fraction of sp³-hybridized carbons (Fsp3) is 0.357. The van der Waals surface area contributed by atoms with Gasteiger partial charge >= 0.3 is 0 Å². The van der Waals surface area contributed by atoms with E-state index >= 15 is 0 Å². The quantitative estimate of drug-likeness (QED) is 0.729. The maximum Gasteiger partial charge on any atom is 0.0706 e. The van der Waals surface area contributed by atoms with Gasteiger partial charge in [0.05, 0.1) is 17.4 Å². The molecule has 2 heteroatoms. The van der Waals surface area contributed by atoms with E-state index in [1.807, 2.05) is 0 Å². The van der Waals surface area contributed by atoms with Gasteiger partial charge in [-0.15, -0.1) is 0 Å². The molecule has 16 heavy (non-hydrogen) atoms. The van der Waals surface area contributed by atoms with Crippen LogP contribution < -0.4 is 5.73 Å². The topological polar surface area (TPSA) is 38.9 Å². The molecule has 2 nitrogen and oxygen atoms in total. The summed E-state index contributed by atoms with van der Waals surface area (Å²) in [6.45, 7) is 8.64. The molecule has 1 heterocycles. The maximum absolute atomic E-state index is 6.06. The van der Waals surface area contributed by atoms with Gasteiger partial charge in [0.1, 0.15) is 0 Å². The molecule has 0 radical (unpaired) electrons. The van der Waals surface area contributed by atoms with Crippen molar-refractivity contribution in [3.05, 3.63) is 35.5 Å². The number of nitrogens with two attached hydrogens (primary N) is 1. The lowest BCUT2D eigenvalue weighted by molar-refractivity contribution is 0.597. The molecule has 0 aliphatic carbocycles. The Hall–Kier alpha value is -1.57. The molecule has 0 spiro atoms. The first kappa shape index (κ1) is 10.9. The monoisotopic (exact) mass is 214 g/mol. The largest absolute Gasteiger partial charge is 0.397 e. The third kappa shape index (κ3) is 1.75. The summed E-state index contributed by atoms with van der Waals surface area (Å²) in [6.07, 6.45) is 1.76. The van der Waals surface area contributed by atoms with Crippen molar-refractivity contribution in [1.82, 2.24) is 4.98 Å². The number of aromatic nitrogens is 1. The second-order valence-corrected chi connectivity index (χ2v) is 5.36. The second kappa shape index (κ2) is 3.48. The van der Waals surface area contributed by atoms with Crippen LogP contribution in [0.5, 0.6) is 0 Å². The lowest BCUT2D eigenvalue weighted by Gasteiger charge is -2.23. The standard InChI is InChI=1S/C14H18N2/c1-9-5-6-12-10(7-9)13(14(2,3)4)11(15)8-16-12/h5-8H,15H2,1-4H3. The predicted molar refractivity (Wildman–Crippen MR) is 69.6 cm³/mol. The molecule has 0 saturated carbocycles. The number of anilines is 1. The molecule has 0 saturated heterocycles. The zero-order chi connectivity index (χ0) is 11.9. The molecule has 2 rings (SSSR count). The van der Waals surface area contributed by atoms with E-state index in [1.165, 1.54) is 16.5 Å². The summed E-state index contributed by atoms with van der Waals surface area (Å²) in [6, 6.07) is 6.30. The van der Waals surface area contributed by atoms with Crippen LogP contribution in [0, 0.1) is 6.92 Å². The maximum atomic E-state index is 6.06. The summed E-state index contributed by atoms with van der Waals surface area (Å²) in [5.74, 6) is 0. The number of pyridine rings is 1. The Morgan fingerprint density at radius 2 is 1.88 bits per heavy atom. The zero-order valence-electron chi connectivity index (χ0n) is 10.3. The molecule has 84 valence electrons. The van der Waals surface area contributed by atoms with Gasteiger partial charge in [-0.3, -0.25) is 4.98 Å². The van der Waals surface area contributed by atoms with Gasteiger partial charge < -0.3 is 5.73 Å². The van der Waals surface area contributed by atoms with Gasteiger partial charge in [-0.25, -0.2) is 0 Å². The van der Waals surface area contributed by atoms with Crippen molar-refractivity contribution in [2.75, 3.05) is 5.73 Å². The third-order valence-corrected chi connectivity index (χ3v) is 2.80. The highest BCUT2D eigenvalue weighted by atomic mass is 14.7. The Morgan fingerprint density at radius 3 is 2.50 bits per heavy atom. The molecule has 1 aromatic heterocycles. The third-order valence-electron chi connectivity index (χ3n) is 2.80. The summed E-state index contributed by atoms with van der Waals surface area (Å²) >= 11 is 0. The predicted octanol–water partition coefficient (Wildman–Crippen LogP) is 3.42. The molecule has 1 aromatic carbocycles. The van der Waals surface area contributed by atoms with Crippen LogP contribution in [-0.2, 0) is 5.41 Å². The Balaban J connectivity index is 2.88. The number of aryl methyl sites for hydroxylation is 1. The van der Waals surface area contributed by atoms with Crippen LogP contribution >= 0.6 is 0 Å². The highest BCUT2D eigenvalue weighted by molar-refractivity contribution is 5.87. The molecule has 2 N–H and O–H groups in total. The van der Waals surface area contributed by atoms with Gasteiger partial charge in [-0.1, -0.05) is 32.4 Å². The smallest absolute Gasteiger partial charge is 0.0706 e. The lowest BCUT2D eigenvalue weighted by atomic mass is 9.83. The fourth-order valence-electron chi connectivity index (χ4n) is 2.16. The summed E-state index contributed by atoms with van der Waals surface area (Å²) in [5.41, 5.74) is 10.3. The molecule has 0 amide bonds.